The van der Waals surface area contributed by atoms with Crippen LogP contribution in [0.25, 0.3) is 0 Å². The molecule has 0 amide bonds. The van der Waals surface area contributed by atoms with Gasteiger partial charge in [0.25, 0.3) is 0 Å². The molecule has 7 heteroatoms. The second kappa shape index (κ2) is 5.40. The predicted octanol–water partition coefficient (Wildman–Crippen LogP) is 1.76. The van der Waals surface area contributed by atoms with Crippen LogP contribution in [0, 0.1) is 13.8 Å². The van der Waals surface area contributed by atoms with Gasteiger partial charge in [0, 0.05) is 11.1 Å². The lowest BCUT2D eigenvalue weighted by atomic mass is 10.4. The Bertz CT molecular complexity index is 603. The Morgan fingerprint density at radius 3 is 2.84 bits per heavy atom. The molecule has 6 nitrogen and oxygen atoms in total. The summed E-state index contributed by atoms with van der Waals surface area (Å²) in [5.41, 5.74) is 6.14. The normalized spacial score (nSPS) is 10.7. The third-order valence-corrected chi connectivity index (χ3v) is 3.53. The van der Waals surface area contributed by atoms with Crippen molar-refractivity contribution in [2.75, 3.05) is 12.3 Å². The summed E-state index contributed by atoms with van der Waals surface area (Å²) in [4.78, 5) is 21.3. The highest BCUT2D eigenvalue weighted by atomic mass is 32.1. The van der Waals surface area contributed by atoms with Crippen molar-refractivity contribution >= 4 is 23.1 Å². The number of anilines is 1. The van der Waals surface area contributed by atoms with Crippen LogP contribution in [0.3, 0.4) is 0 Å². The summed E-state index contributed by atoms with van der Waals surface area (Å²) >= 11 is 1.60. The lowest BCUT2D eigenvalue weighted by molar-refractivity contribution is 0.0521. The van der Waals surface area contributed by atoms with Crippen LogP contribution >= 0.6 is 11.3 Å². The van der Waals surface area contributed by atoms with E-state index in [1.807, 2.05) is 13.1 Å². The highest BCUT2D eigenvalue weighted by Crippen LogP contribution is 2.19. The van der Waals surface area contributed by atoms with E-state index in [2.05, 4.69) is 9.97 Å². The van der Waals surface area contributed by atoms with Gasteiger partial charge in [-0.2, -0.15) is 0 Å². The Labute approximate surface area is 115 Å². The molecule has 2 N–H and O–H groups in total. The van der Waals surface area contributed by atoms with Crippen molar-refractivity contribution in [2.45, 2.75) is 27.3 Å². The van der Waals surface area contributed by atoms with Crippen molar-refractivity contribution < 1.29 is 9.53 Å². The van der Waals surface area contributed by atoms with Crippen LogP contribution < -0.4 is 5.73 Å². The zero-order valence-corrected chi connectivity index (χ0v) is 12.0. The van der Waals surface area contributed by atoms with Gasteiger partial charge < -0.3 is 15.0 Å². The molecule has 0 bridgehead atoms. The van der Waals surface area contributed by atoms with Crippen LogP contribution in [0.5, 0.6) is 0 Å². The topological polar surface area (TPSA) is 83.0 Å². The van der Waals surface area contributed by atoms with Crippen molar-refractivity contribution in [1.82, 2.24) is 14.5 Å². The minimum Gasteiger partial charge on any atom is -0.461 e. The second-order valence-electron chi connectivity index (χ2n) is 4.06. The number of nitrogens with two attached hydrogens (primary N) is 1. The van der Waals surface area contributed by atoms with E-state index >= 15 is 0 Å². The number of rotatable bonds is 4. The van der Waals surface area contributed by atoms with E-state index < -0.39 is 5.97 Å². The second-order valence-corrected chi connectivity index (χ2v) is 5.38. The van der Waals surface area contributed by atoms with Gasteiger partial charge in [-0.15, -0.1) is 11.3 Å². The molecule has 2 aromatic rings. The molecule has 0 aliphatic rings. The molecule has 0 aliphatic heterocycles. The van der Waals surface area contributed by atoms with Crippen LogP contribution in [0.4, 0.5) is 5.82 Å². The maximum atomic E-state index is 11.7. The Balaban J connectivity index is 2.29. The molecule has 2 rings (SSSR count). The quantitative estimate of drug-likeness (QED) is 0.863. The van der Waals surface area contributed by atoms with Crippen LogP contribution in [0.2, 0.25) is 0 Å². The number of carbonyl (C=O) groups excluding carboxylic acids is 1. The number of carbonyl (C=O) groups is 1. The highest BCUT2D eigenvalue weighted by Gasteiger charge is 2.20. The molecule has 0 unspecified atom stereocenters. The lowest BCUT2D eigenvalue weighted by Gasteiger charge is -2.05. The molecule has 0 aliphatic carbocycles. The molecule has 2 aromatic heterocycles. The van der Waals surface area contributed by atoms with E-state index in [1.165, 1.54) is 0 Å². The first-order valence-corrected chi connectivity index (χ1v) is 6.75. The number of aryl methyl sites for hydroxylation is 2. The molecule has 0 radical (unpaired) electrons. The zero-order valence-electron chi connectivity index (χ0n) is 11.1. The molecular weight excluding hydrogens is 264 g/mol. The monoisotopic (exact) mass is 280 g/mol. The van der Waals surface area contributed by atoms with Crippen molar-refractivity contribution in [3.8, 4) is 0 Å². The standard InChI is InChI=1S/C12H16N4O2S/c1-4-18-12(17)10-11(13)16(8(3)15-10)6-9-14-5-7(2)19-9/h5H,4,6,13H2,1-3H3. The Kier molecular flexibility index (Phi) is 3.84. The molecule has 19 heavy (non-hydrogen) atoms. The maximum Gasteiger partial charge on any atom is 0.360 e. The summed E-state index contributed by atoms with van der Waals surface area (Å²) in [6.07, 6.45) is 1.81. The molecule has 0 fully saturated rings. The fourth-order valence-electron chi connectivity index (χ4n) is 1.74. The Morgan fingerprint density at radius 2 is 2.26 bits per heavy atom. The molecule has 102 valence electrons. The number of nitrogen functional groups attached to an aromatic ring is 1. The van der Waals surface area contributed by atoms with Crippen LogP contribution in [-0.4, -0.2) is 27.1 Å². The number of ether oxygens (including phenoxy) is 1. The predicted molar refractivity (Wildman–Crippen MR) is 73.3 cm³/mol. The minimum absolute atomic E-state index is 0.174. The average molecular weight is 280 g/mol. The van der Waals surface area contributed by atoms with Gasteiger partial charge in [-0.3, -0.25) is 0 Å². The molecule has 0 saturated carbocycles. The lowest BCUT2D eigenvalue weighted by Crippen LogP contribution is -2.10. The van der Waals surface area contributed by atoms with Gasteiger partial charge in [-0.25, -0.2) is 14.8 Å². The largest absolute Gasteiger partial charge is 0.461 e. The first-order valence-electron chi connectivity index (χ1n) is 5.94. The van der Waals surface area contributed by atoms with Crippen LogP contribution in [0.1, 0.15) is 33.1 Å². The summed E-state index contributed by atoms with van der Waals surface area (Å²) in [6.45, 7) is 6.36. The van der Waals surface area contributed by atoms with E-state index in [1.54, 1.807) is 29.8 Å². The number of nitrogens with zero attached hydrogens (tertiary/aromatic N) is 3. The number of imidazole rings is 1. The fourth-order valence-corrected chi connectivity index (χ4v) is 2.52. The van der Waals surface area contributed by atoms with Gasteiger partial charge in [0.05, 0.1) is 13.2 Å². The van der Waals surface area contributed by atoms with Gasteiger partial charge in [0.2, 0.25) is 0 Å². The number of hydrogen-bond donors (Lipinski definition) is 1. The third-order valence-electron chi connectivity index (χ3n) is 2.63. The SMILES string of the molecule is CCOC(=O)c1nc(C)n(Cc2ncc(C)s2)c1N. The molecular formula is C12H16N4O2S. The summed E-state index contributed by atoms with van der Waals surface area (Å²) in [7, 11) is 0. The maximum absolute atomic E-state index is 11.7. The van der Waals surface area contributed by atoms with Crippen molar-refractivity contribution in [3.05, 3.63) is 27.6 Å². The number of aromatic nitrogens is 3. The Hall–Kier alpha value is -1.89. The van der Waals surface area contributed by atoms with E-state index in [9.17, 15) is 4.79 Å². The first kappa shape index (κ1) is 13.5. The van der Waals surface area contributed by atoms with Gasteiger partial charge in [0.15, 0.2) is 5.69 Å². The zero-order chi connectivity index (χ0) is 14.0. The van der Waals surface area contributed by atoms with Crippen molar-refractivity contribution in [2.24, 2.45) is 0 Å². The molecule has 2 heterocycles. The highest BCUT2D eigenvalue weighted by molar-refractivity contribution is 7.11. The van der Waals surface area contributed by atoms with E-state index in [0.717, 1.165) is 9.88 Å². The average Bonchev–Trinajstić information content (AvgIpc) is 2.88. The van der Waals surface area contributed by atoms with Gasteiger partial charge in [-0.1, -0.05) is 0 Å². The van der Waals surface area contributed by atoms with Crippen LogP contribution in [-0.2, 0) is 11.3 Å². The summed E-state index contributed by atoms with van der Waals surface area (Å²) < 4.78 is 6.69. The van der Waals surface area contributed by atoms with E-state index in [4.69, 9.17) is 10.5 Å². The molecule has 0 saturated heterocycles. The van der Waals surface area contributed by atoms with E-state index in [-0.39, 0.29) is 5.69 Å². The van der Waals surface area contributed by atoms with E-state index in [0.29, 0.717) is 24.8 Å². The van der Waals surface area contributed by atoms with Gasteiger partial charge in [0.1, 0.15) is 16.6 Å². The Morgan fingerprint density at radius 1 is 1.53 bits per heavy atom. The summed E-state index contributed by atoms with van der Waals surface area (Å²) in [5, 5.41) is 0.931. The van der Waals surface area contributed by atoms with Gasteiger partial charge in [-0.05, 0) is 20.8 Å². The third kappa shape index (κ3) is 2.76. The van der Waals surface area contributed by atoms with Crippen LogP contribution in [0.15, 0.2) is 6.20 Å². The number of esters is 1. The van der Waals surface area contributed by atoms with Crippen molar-refractivity contribution in [1.29, 1.82) is 0 Å². The molecule has 0 aromatic carbocycles. The summed E-state index contributed by atoms with van der Waals surface area (Å²) in [5.74, 6) is 0.509. The smallest absolute Gasteiger partial charge is 0.360 e. The summed E-state index contributed by atoms with van der Waals surface area (Å²) in [6, 6.07) is 0. The fraction of sp³-hybridized carbons (Fsp3) is 0.417. The number of hydrogen-bond acceptors (Lipinski definition) is 6. The first-order chi connectivity index (χ1) is 9.02. The van der Waals surface area contributed by atoms with Gasteiger partial charge >= 0.3 is 5.97 Å². The number of thiazole rings is 1. The molecule has 0 spiro atoms. The minimum atomic E-state index is -0.489. The molecule has 0 atom stereocenters. The van der Waals surface area contributed by atoms with Crippen molar-refractivity contribution in [3.63, 3.8) is 0 Å².